The SMILES string of the molecule is FC1CCCN(CCC2CO2)C1. The summed E-state index contributed by atoms with van der Waals surface area (Å²) in [5.41, 5.74) is 0. The summed E-state index contributed by atoms with van der Waals surface area (Å²) >= 11 is 0. The van der Waals surface area contributed by atoms with Gasteiger partial charge in [0.2, 0.25) is 0 Å². The van der Waals surface area contributed by atoms with Crippen LogP contribution in [0.15, 0.2) is 0 Å². The standard InChI is InChI=1S/C9H16FNO/c10-8-2-1-4-11(6-8)5-3-9-7-12-9/h8-9H,1-7H2. The molecule has 2 fully saturated rings. The predicted octanol–water partition coefficient (Wildman–Crippen LogP) is 1.21. The maximum Gasteiger partial charge on any atom is 0.113 e. The largest absolute Gasteiger partial charge is 0.373 e. The van der Waals surface area contributed by atoms with Crippen LogP contribution in [0.5, 0.6) is 0 Å². The molecule has 2 rings (SSSR count). The molecule has 2 heterocycles. The Morgan fingerprint density at radius 1 is 1.50 bits per heavy atom. The Morgan fingerprint density at radius 3 is 3.00 bits per heavy atom. The first kappa shape index (κ1) is 8.45. The van der Waals surface area contributed by atoms with Crippen molar-refractivity contribution in [2.75, 3.05) is 26.2 Å². The third kappa shape index (κ3) is 2.42. The Balaban J connectivity index is 1.64. The van der Waals surface area contributed by atoms with Gasteiger partial charge in [0.25, 0.3) is 0 Å². The fraction of sp³-hybridized carbons (Fsp3) is 1.00. The highest BCUT2D eigenvalue weighted by molar-refractivity contribution is 4.76. The number of epoxide rings is 1. The molecule has 2 aliphatic rings. The molecule has 2 atom stereocenters. The zero-order valence-corrected chi connectivity index (χ0v) is 7.34. The zero-order chi connectivity index (χ0) is 8.39. The molecule has 0 saturated carbocycles. The van der Waals surface area contributed by atoms with E-state index >= 15 is 0 Å². The predicted molar refractivity (Wildman–Crippen MR) is 44.9 cm³/mol. The Labute approximate surface area is 72.7 Å². The molecule has 0 aromatic carbocycles. The molecule has 2 saturated heterocycles. The Hall–Kier alpha value is -0.150. The Morgan fingerprint density at radius 2 is 2.33 bits per heavy atom. The molecule has 0 radical (unpaired) electrons. The topological polar surface area (TPSA) is 15.8 Å². The van der Waals surface area contributed by atoms with E-state index in [0.29, 0.717) is 12.6 Å². The van der Waals surface area contributed by atoms with Gasteiger partial charge in [-0.3, -0.25) is 0 Å². The third-order valence-corrected chi connectivity index (χ3v) is 2.62. The fourth-order valence-corrected chi connectivity index (χ4v) is 1.76. The molecule has 2 unspecified atom stereocenters. The number of nitrogens with zero attached hydrogens (tertiary/aromatic N) is 1. The van der Waals surface area contributed by atoms with Crippen LogP contribution in [0.25, 0.3) is 0 Å². The summed E-state index contributed by atoms with van der Waals surface area (Å²) < 4.78 is 18.0. The van der Waals surface area contributed by atoms with Crippen molar-refractivity contribution in [1.29, 1.82) is 0 Å². The van der Waals surface area contributed by atoms with Crippen LogP contribution in [0, 0.1) is 0 Å². The summed E-state index contributed by atoms with van der Waals surface area (Å²) in [6.45, 7) is 3.66. The van der Waals surface area contributed by atoms with Gasteiger partial charge in [0.05, 0.1) is 12.7 Å². The third-order valence-electron chi connectivity index (χ3n) is 2.62. The summed E-state index contributed by atoms with van der Waals surface area (Å²) in [6.07, 6.45) is 2.78. The van der Waals surface area contributed by atoms with Gasteiger partial charge in [-0.15, -0.1) is 0 Å². The van der Waals surface area contributed by atoms with Gasteiger partial charge < -0.3 is 9.64 Å². The van der Waals surface area contributed by atoms with Crippen molar-refractivity contribution in [2.24, 2.45) is 0 Å². The van der Waals surface area contributed by atoms with Gasteiger partial charge in [-0.25, -0.2) is 4.39 Å². The Bertz CT molecular complexity index is 149. The smallest absolute Gasteiger partial charge is 0.113 e. The minimum atomic E-state index is -0.584. The normalized spacial score (nSPS) is 36.8. The van der Waals surface area contributed by atoms with Crippen molar-refractivity contribution in [2.45, 2.75) is 31.5 Å². The van der Waals surface area contributed by atoms with E-state index in [1.807, 2.05) is 0 Å². The van der Waals surface area contributed by atoms with E-state index in [0.717, 1.165) is 39.0 Å². The van der Waals surface area contributed by atoms with Gasteiger partial charge >= 0.3 is 0 Å². The van der Waals surface area contributed by atoms with Crippen molar-refractivity contribution in [3.63, 3.8) is 0 Å². The van der Waals surface area contributed by atoms with Crippen molar-refractivity contribution < 1.29 is 9.13 Å². The lowest BCUT2D eigenvalue weighted by Gasteiger charge is -2.28. The van der Waals surface area contributed by atoms with Crippen LogP contribution >= 0.6 is 0 Å². The molecule has 3 heteroatoms. The monoisotopic (exact) mass is 173 g/mol. The van der Waals surface area contributed by atoms with Crippen LogP contribution in [0.4, 0.5) is 4.39 Å². The number of likely N-dealkylation sites (tertiary alicyclic amines) is 1. The lowest BCUT2D eigenvalue weighted by Crippen LogP contribution is -2.37. The number of rotatable bonds is 3. The molecule has 70 valence electrons. The lowest BCUT2D eigenvalue weighted by molar-refractivity contribution is 0.134. The molecule has 0 aromatic heterocycles. The van der Waals surface area contributed by atoms with Gasteiger partial charge in [-0.1, -0.05) is 0 Å². The highest BCUT2D eigenvalue weighted by atomic mass is 19.1. The molecule has 0 N–H and O–H groups in total. The van der Waals surface area contributed by atoms with Gasteiger partial charge in [-0.2, -0.15) is 0 Å². The summed E-state index contributed by atoms with van der Waals surface area (Å²) in [5.74, 6) is 0. The summed E-state index contributed by atoms with van der Waals surface area (Å²) in [6, 6.07) is 0. The molecule has 2 nitrogen and oxygen atoms in total. The van der Waals surface area contributed by atoms with Crippen molar-refractivity contribution in [1.82, 2.24) is 4.90 Å². The quantitative estimate of drug-likeness (QED) is 0.596. The Kier molecular flexibility index (Phi) is 2.61. The van der Waals surface area contributed by atoms with E-state index in [-0.39, 0.29) is 0 Å². The second-order valence-electron chi connectivity index (χ2n) is 3.78. The molecule has 12 heavy (non-hydrogen) atoms. The number of piperidine rings is 1. The van der Waals surface area contributed by atoms with Crippen LogP contribution < -0.4 is 0 Å². The van der Waals surface area contributed by atoms with Gasteiger partial charge in [0, 0.05) is 13.1 Å². The van der Waals surface area contributed by atoms with E-state index in [1.54, 1.807) is 0 Å². The number of hydrogen-bond acceptors (Lipinski definition) is 2. The minimum absolute atomic E-state index is 0.491. The fourth-order valence-electron chi connectivity index (χ4n) is 1.76. The highest BCUT2D eigenvalue weighted by Crippen LogP contribution is 2.17. The average molecular weight is 173 g/mol. The average Bonchev–Trinajstić information content (AvgIpc) is 2.84. The number of ether oxygens (including phenoxy) is 1. The van der Waals surface area contributed by atoms with Gasteiger partial charge in [-0.05, 0) is 25.8 Å². The maximum absolute atomic E-state index is 12.9. The summed E-state index contributed by atoms with van der Waals surface area (Å²) in [5, 5.41) is 0. The van der Waals surface area contributed by atoms with Crippen molar-refractivity contribution in [3.8, 4) is 0 Å². The lowest BCUT2D eigenvalue weighted by atomic mass is 10.1. The number of alkyl halides is 1. The molecule has 2 aliphatic heterocycles. The molecule has 0 amide bonds. The van der Waals surface area contributed by atoms with E-state index in [9.17, 15) is 4.39 Å². The van der Waals surface area contributed by atoms with Gasteiger partial charge in [0.15, 0.2) is 0 Å². The van der Waals surface area contributed by atoms with Crippen molar-refractivity contribution in [3.05, 3.63) is 0 Å². The molecular weight excluding hydrogens is 157 g/mol. The molecule has 0 aromatic rings. The number of halogens is 1. The van der Waals surface area contributed by atoms with Crippen LogP contribution in [0.2, 0.25) is 0 Å². The first-order chi connectivity index (χ1) is 5.84. The maximum atomic E-state index is 12.9. The van der Waals surface area contributed by atoms with E-state index in [4.69, 9.17) is 4.74 Å². The minimum Gasteiger partial charge on any atom is -0.373 e. The second-order valence-corrected chi connectivity index (χ2v) is 3.78. The number of hydrogen-bond donors (Lipinski definition) is 0. The zero-order valence-electron chi connectivity index (χ0n) is 7.34. The van der Waals surface area contributed by atoms with E-state index in [1.165, 1.54) is 0 Å². The van der Waals surface area contributed by atoms with Crippen LogP contribution in [-0.2, 0) is 4.74 Å². The van der Waals surface area contributed by atoms with Gasteiger partial charge in [0.1, 0.15) is 6.17 Å². The highest BCUT2D eigenvalue weighted by Gasteiger charge is 2.25. The van der Waals surface area contributed by atoms with Crippen LogP contribution in [0.3, 0.4) is 0 Å². The molecule has 0 bridgehead atoms. The first-order valence-corrected chi connectivity index (χ1v) is 4.82. The first-order valence-electron chi connectivity index (χ1n) is 4.82. The van der Waals surface area contributed by atoms with Crippen LogP contribution in [0.1, 0.15) is 19.3 Å². The molecule has 0 aliphatic carbocycles. The molecule has 0 spiro atoms. The van der Waals surface area contributed by atoms with Crippen LogP contribution in [-0.4, -0.2) is 43.4 Å². The summed E-state index contributed by atoms with van der Waals surface area (Å²) in [4.78, 5) is 2.22. The van der Waals surface area contributed by atoms with Crippen molar-refractivity contribution >= 4 is 0 Å². The molecular formula is C9H16FNO. The van der Waals surface area contributed by atoms with E-state index in [2.05, 4.69) is 4.90 Å². The summed E-state index contributed by atoms with van der Waals surface area (Å²) in [7, 11) is 0. The second kappa shape index (κ2) is 3.71. The van der Waals surface area contributed by atoms with E-state index < -0.39 is 6.17 Å².